The van der Waals surface area contributed by atoms with Crippen molar-refractivity contribution in [1.29, 1.82) is 0 Å². The summed E-state index contributed by atoms with van der Waals surface area (Å²) in [6.07, 6.45) is 3.36. The number of fused-ring (bicyclic) bond motifs is 1. The van der Waals surface area contributed by atoms with Gasteiger partial charge in [-0.1, -0.05) is 18.2 Å². The molecule has 0 spiro atoms. The molecule has 0 aliphatic rings. The van der Waals surface area contributed by atoms with E-state index in [1.54, 1.807) is 36.7 Å². The average Bonchev–Trinajstić information content (AvgIpc) is 3.01. The topological polar surface area (TPSA) is 90.6 Å². The molecule has 0 aliphatic heterocycles. The molecule has 6 nitrogen and oxygen atoms in total. The molecule has 3 rings (SSSR count). The number of benzene rings is 1. The fourth-order valence-corrected chi connectivity index (χ4v) is 2.19. The summed E-state index contributed by atoms with van der Waals surface area (Å²) in [5.41, 5.74) is 0.842. The average molecular weight is 282 g/mol. The van der Waals surface area contributed by atoms with E-state index >= 15 is 0 Å². The number of aromatic nitrogens is 3. The maximum atomic E-state index is 12.2. The van der Waals surface area contributed by atoms with E-state index in [0.717, 1.165) is 10.9 Å². The minimum absolute atomic E-state index is 0.203. The Bertz CT molecular complexity index is 836. The van der Waals surface area contributed by atoms with Crippen LogP contribution in [-0.2, 0) is 0 Å². The number of nitrogens with one attached hydrogen (secondary N) is 3. The highest BCUT2D eigenvalue weighted by molar-refractivity contribution is 5.96. The zero-order chi connectivity index (χ0) is 14.8. The molecule has 0 radical (unpaired) electrons. The Morgan fingerprint density at radius 2 is 2.14 bits per heavy atom. The summed E-state index contributed by atoms with van der Waals surface area (Å²) < 4.78 is 0. The molecule has 0 aliphatic carbocycles. The number of amides is 1. The van der Waals surface area contributed by atoms with Crippen LogP contribution < -0.4 is 10.9 Å². The second-order valence-electron chi connectivity index (χ2n) is 4.83. The molecule has 1 unspecified atom stereocenters. The summed E-state index contributed by atoms with van der Waals surface area (Å²) in [5, 5.41) is 10.7. The van der Waals surface area contributed by atoms with Crippen molar-refractivity contribution in [2.24, 2.45) is 0 Å². The van der Waals surface area contributed by atoms with E-state index in [4.69, 9.17) is 0 Å². The summed E-state index contributed by atoms with van der Waals surface area (Å²) in [6, 6.07) is 8.63. The van der Waals surface area contributed by atoms with Crippen molar-refractivity contribution in [3.05, 3.63) is 64.3 Å². The Balaban J connectivity index is 1.90. The van der Waals surface area contributed by atoms with Crippen LogP contribution in [0.3, 0.4) is 0 Å². The lowest BCUT2D eigenvalue weighted by Crippen LogP contribution is -2.28. The molecule has 106 valence electrons. The fraction of sp³-hybridized carbons (Fsp3) is 0.133. The zero-order valence-corrected chi connectivity index (χ0v) is 11.4. The van der Waals surface area contributed by atoms with E-state index in [1.165, 1.54) is 0 Å². The minimum atomic E-state index is -0.327. The van der Waals surface area contributed by atoms with Gasteiger partial charge in [-0.05, 0) is 24.4 Å². The van der Waals surface area contributed by atoms with Crippen LogP contribution in [0.4, 0.5) is 0 Å². The van der Waals surface area contributed by atoms with Gasteiger partial charge in [0.2, 0.25) is 0 Å². The number of carbonyl (C=O) groups is 1. The number of rotatable bonds is 3. The molecule has 0 saturated heterocycles. The summed E-state index contributed by atoms with van der Waals surface area (Å²) >= 11 is 0. The normalized spacial score (nSPS) is 12.2. The Kier molecular flexibility index (Phi) is 3.27. The first-order chi connectivity index (χ1) is 10.1. The summed E-state index contributed by atoms with van der Waals surface area (Å²) in [5.74, 6) is -0.327. The number of hydrogen-bond donors (Lipinski definition) is 3. The third-order valence-corrected chi connectivity index (χ3v) is 3.37. The number of carbonyl (C=O) groups excluding carboxylic acids is 1. The van der Waals surface area contributed by atoms with Crippen LogP contribution in [-0.4, -0.2) is 21.1 Å². The summed E-state index contributed by atoms with van der Waals surface area (Å²) in [4.78, 5) is 26.8. The highest BCUT2D eigenvalue weighted by Crippen LogP contribution is 2.12. The molecule has 1 atom stereocenters. The molecule has 21 heavy (non-hydrogen) atoms. The van der Waals surface area contributed by atoms with Gasteiger partial charge >= 0.3 is 0 Å². The second-order valence-corrected chi connectivity index (χ2v) is 4.83. The van der Waals surface area contributed by atoms with Crippen LogP contribution in [0, 0.1) is 0 Å². The molecule has 1 aromatic carbocycles. The van der Waals surface area contributed by atoms with Crippen LogP contribution in [0.5, 0.6) is 0 Å². The van der Waals surface area contributed by atoms with E-state index in [-0.39, 0.29) is 23.2 Å². The summed E-state index contributed by atoms with van der Waals surface area (Å²) in [7, 11) is 0. The minimum Gasteiger partial charge on any atom is -0.344 e. The Hall–Kier alpha value is -2.89. The van der Waals surface area contributed by atoms with Gasteiger partial charge in [0.25, 0.3) is 11.5 Å². The van der Waals surface area contributed by atoms with E-state index in [1.807, 2.05) is 13.0 Å². The van der Waals surface area contributed by atoms with Gasteiger partial charge in [-0.15, -0.1) is 0 Å². The maximum Gasteiger partial charge on any atom is 0.268 e. The van der Waals surface area contributed by atoms with Crippen LogP contribution in [0.2, 0.25) is 0 Å². The monoisotopic (exact) mass is 282 g/mol. The Labute approximate surface area is 120 Å². The molecule has 3 aromatic rings. The van der Waals surface area contributed by atoms with Gasteiger partial charge in [0.15, 0.2) is 0 Å². The fourth-order valence-electron chi connectivity index (χ4n) is 2.19. The van der Waals surface area contributed by atoms with Crippen LogP contribution in [0.15, 0.2) is 47.5 Å². The maximum absolute atomic E-state index is 12.2. The van der Waals surface area contributed by atoms with Gasteiger partial charge in [-0.2, -0.15) is 5.10 Å². The SMILES string of the molecule is CC(NC(=O)c1cc2ccccc2c(=O)[nH]1)c1cn[nH]c1. The van der Waals surface area contributed by atoms with Gasteiger partial charge < -0.3 is 10.3 Å². The number of nitrogens with zero attached hydrogens (tertiary/aromatic N) is 1. The van der Waals surface area contributed by atoms with Gasteiger partial charge in [0.05, 0.1) is 12.2 Å². The van der Waals surface area contributed by atoms with Crippen molar-refractivity contribution in [2.75, 3.05) is 0 Å². The molecule has 6 heteroatoms. The van der Waals surface area contributed by atoms with Crippen LogP contribution in [0.1, 0.15) is 29.0 Å². The quantitative estimate of drug-likeness (QED) is 0.683. The third kappa shape index (κ3) is 2.55. The molecule has 3 N–H and O–H groups in total. The van der Waals surface area contributed by atoms with Crippen molar-refractivity contribution in [2.45, 2.75) is 13.0 Å². The first-order valence-corrected chi connectivity index (χ1v) is 6.57. The third-order valence-electron chi connectivity index (χ3n) is 3.37. The first-order valence-electron chi connectivity index (χ1n) is 6.57. The second kappa shape index (κ2) is 5.24. The molecular formula is C15H14N4O2. The molecule has 0 bridgehead atoms. The predicted octanol–water partition coefficient (Wildman–Crippen LogP) is 1.74. The lowest BCUT2D eigenvalue weighted by Gasteiger charge is -2.12. The van der Waals surface area contributed by atoms with Gasteiger partial charge in [0, 0.05) is 17.1 Å². The Morgan fingerprint density at radius 3 is 2.90 bits per heavy atom. The van der Waals surface area contributed by atoms with Crippen molar-refractivity contribution in [3.8, 4) is 0 Å². The molecule has 2 heterocycles. The lowest BCUT2D eigenvalue weighted by atomic mass is 10.1. The van der Waals surface area contributed by atoms with E-state index in [9.17, 15) is 9.59 Å². The lowest BCUT2D eigenvalue weighted by molar-refractivity contribution is 0.0935. The van der Waals surface area contributed by atoms with Crippen molar-refractivity contribution >= 4 is 16.7 Å². The number of hydrogen-bond acceptors (Lipinski definition) is 3. The van der Waals surface area contributed by atoms with Crippen molar-refractivity contribution < 1.29 is 4.79 Å². The Morgan fingerprint density at radius 1 is 1.33 bits per heavy atom. The molecule has 1 amide bonds. The molecule has 0 fully saturated rings. The molecular weight excluding hydrogens is 268 g/mol. The summed E-state index contributed by atoms with van der Waals surface area (Å²) in [6.45, 7) is 1.85. The zero-order valence-electron chi connectivity index (χ0n) is 11.4. The van der Waals surface area contributed by atoms with Crippen molar-refractivity contribution in [3.63, 3.8) is 0 Å². The highest BCUT2D eigenvalue weighted by Gasteiger charge is 2.14. The predicted molar refractivity (Wildman–Crippen MR) is 79.0 cm³/mol. The smallest absolute Gasteiger partial charge is 0.268 e. The standard InChI is InChI=1S/C15H14N4O2/c1-9(11-7-16-17-8-11)18-15(21)13-6-10-4-2-3-5-12(10)14(20)19-13/h2-9H,1H3,(H,16,17)(H,18,21)(H,19,20). The first kappa shape index (κ1) is 13.1. The molecule has 2 aromatic heterocycles. The number of pyridine rings is 1. The van der Waals surface area contributed by atoms with E-state index in [0.29, 0.717) is 5.39 Å². The molecule has 0 saturated carbocycles. The van der Waals surface area contributed by atoms with Gasteiger partial charge in [-0.3, -0.25) is 14.7 Å². The van der Waals surface area contributed by atoms with Crippen LogP contribution in [0.25, 0.3) is 10.8 Å². The van der Waals surface area contributed by atoms with E-state index < -0.39 is 0 Å². The van der Waals surface area contributed by atoms with Gasteiger partial charge in [-0.25, -0.2) is 0 Å². The number of H-pyrrole nitrogens is 2. The van der Waals surface area contributed by atoms with Crippen LogP contribution >= 0.6 is 0 Å². The number of aromatic amines is 2. The van der Waals surface area contributed by atoms with E-state index in [2.05, 4.69) is 20.5 Å². The van der Waals surface area contributed by atoms with Crippen molar-refractivity contribution in [1.82, 2.24) is 20.5 Å². The largest absolute Gasteiger partial charge is 0.344 e. The highest BCUT2D eigenvalue weighted by atomic mass is 16.2. The van der Waals surface area contributed by atoms with Gasteiger partial charge in [0.1, 0.15) is 5.69 Å².